The highest BCUT2D eigenvalue weighted by molar-refractivity contribution is 7.11. The number of thiophene rings is 1. The van der Waals surface area contributed by atoms with E-state index < -0.39 is 0 Å². The van der Waals surface area contributed by atoms with E-state index in [1.165, 1.54) is 11.3 Å². The molecule has 1 aliphatic rings. The van der Waals surface area contributed by atoms with Gasteiger partial charge < -0.3 is 4.74 Å². The number of aryl methyl sites for hydroxylation is 1. The van der Waals surface area contributed by atoms with Crippen molar-refractivity contribution in [3.05, 3.63) is 39.3 Å². The molecule has 0 spiro atoms. The highest BCUT2D eigenvalue weighted by Crippen LogP contribution is 2.33. The Hall–Kier alpha value is -1.46. The molecular weight excluding hydrogens is 236 g/mol. The standard InChI is InChI=1S/C12H12N2O2S/c1-8-5-13-14-2-3-16-12(11(8)14)9-4-10(6-15)17-7-9/h4-7,12H,2-3H2,1H3. The van der Waals surface area contributed by atoms with Gasteiger partial charge in [0.25, 0.3) is 0 Å². The predicted octanol–water partition coefficient (Wildman–Crippen LogP) is 2.19. The maximum absolute atomic E-state index is 10.7. The van der Waals surface area contributed by atoms with Gasteiger partial charge >= 0.3 is 0 Å². The highest BCUT2D eigenvalue weighted by Gasteiger charge is 2.26. The maximum Gasteiger partial charge on any atom is 0.160 e. The highest BCUT2D eigenvalue weighted by atomic mass is 32.1. The van der Waals surface area contributed by atoms with E-state index in [1.807, 2.05) is 29.2 Å². The molecule has 3 rings (SSSR count). The monoisotopic (exact) mass is 248 g/mol. The van der Waals surface area contributed by atoms with Gasteiger partial charge in [-0.3, -0.25) is 9.48 Å². The van der Waals surface area contributed by atoms with Crippen molar-refractivity contribution >= 4 is 17.6 Å². The van der Waals surface area contributed by atoms with Crippen LogP contribution in [0.1, 0.15) is 32.6 Å². The van der Waals surface area contributed by atoms with Gasteiger partial charge in [0.15, 0.2) is 6.29 Å². The van der Waals surface area contributed by atoms with E-state index in [1.54, 1.807) is 0 Å². The number of aldehydes is 1. The first-order valence-corrected chi connectivity index (χ1v) is 6.35. The van der Waals surface area contributed by atoms with Crippen LogP contribution in [0.4, 0.5) is 0 Å². The summed E-state index contributed by atoms with van der Waals surface area (Å²) in [7, 11) is 0. The molecule has 2 aromatic heterocycles. The van der Waals surface area contributed by atoms with Gasteiger partial charge in [-0.05, 0) is 29.5 Å². The smallest absolute Gasteiger partial charge is 0.160 e. The topological polar surface area (TPSA) is 44.1 Å². The minimum atomic E-state index is -0.0869. The zero-order valence-electron chi connectivity index (χ0n) is 9.42. The number of hydrogen-bond donors (Lipinski definition) is 0. The summed E-state index contributed by atoms with van der Waals surface area (Å²) in [4.78, 5) is 11.5. The normalized spacial score (nSPS) is 19.0. The molecule has 1 aliphatic heterocycles. The van der Waals surface area contributed by atoms with Gasteiger partial charge in [-0.25, -0.2) is 0 Å². The number of carbonyl (C=O) groups is 1. The molecule has 0 bridgehead atoms. The summed E-state index contributed by atoms with van der Waals surface area (Å²) in [5.74, 6) is 0. The summed E-state index contributed by atoms with van der Waals surface area (Å²) in [5.41, 5.74) is 3.28. The molecule has 1 unspecified atom stereocenters. The van der Waals surface area contributed by atoms with Crippen LogP contribution in [0.3, 0.4) is 0 Å². The quantitative estimate of drug-likeness (QED) is 0.765. The Balaban J connectivity index is 2.04. The van der Waals surface area contributed by atoms with Crippen LogP contribution in [0, 0.1) is 6.92 Å². The molecule has 0 amide bonds. The predicted molar refractivity (Wildman–Crippen MR) is 64.5 cm³/mol. The molecule has 88 valence electrons. The Morgan fingerprint density at radius 2 is 2.53 bits per heavy atom. The number of fused-ring (bicyclic) bond motifs is 1. The molecule has 1 atom stereocenters. The lowest BCUT2D eigenvalue weighted by atomic mass is 10.1. The van der Waals surface area contributed by atoms with Crippen molar-refractivity contribution in [2.75, 3.05) is 6.61 Å². The third-order valence-electron chi connectivity index (χ3n) is 2.97. The van der Waals surface area contributed by atoms with E-state index in [9.17, 15) is 4.79 Å². The van der Waals surface area contributed by atoms with Crippen molar-refractivity contribution in [3.63, 3.8) is 0 Å². The Labute approximate surface area is 103 Å². The van der Waals surface area contributed by atoms with Crippen LogP contribution in [0.25, 0.3) is 0 Å². The molecule has 0 saturated carbocycles. The lowest BCUT2D eigenvalue weighted by Crippen LogP contribution is -2.23. The van der Waals surface area contributed by atoms with Gasteiger partial charge in [0.1, 0.15) is 6.10 Å². The second-order valence-electron chi connectivity index (χ2n) is 4.09. The zero-order valence-corrected chi connectivity index (χ0v) is 10.2. The number of hydrogen-bond acceptors (Lipinski definition) is 4. The van der Waals surface area contributed by atoms with E-state index in [-0.39, 0.29) is 6.10 Å². The summed E-state index contributed by atoms with van der Waals surface area (Å²) in [6, 6.07) is 1.89. The van der Waals surface area contributed by atoms with Gasteiger partial charge in [0.05, 0.1) is 29.9 Å². The molecule has 3 heterocycles. The lowest BCUT2D eigenvalue weighted by Gasteiger charge is -2.24. The Kier molecular flexibility index (Phi) is 2.57. The molecule has 0 saturated heterocycles. The van der Waals surface area contributed by atoms with Gasteiger partial charge in [-0.15, -0.1) is 11.3 Å². The van der Waals surface area contributed by atoms with E-state index >= 15 is 0 Å². The third kappa shape index (κ3) is 1.71. The van der Waals surface area contributed by atoms with Crippen LogP contribution < -0.4 is 0 Å². The Bertz CT molecular complexity index is 559. The van der Waals surface area contributed by atoms with Gasteiger partial charge in [0, 0.05) is 0 Å². The second kappa shape index (κ2) is 4.09. The van der Waals surface area contributed by atoms with Crippen molar-refractivity contribution in [2.45, 2.75) is 19.6 Å². The Morgan fingerprint density at radius 3 is 3.29 bits per heavy atom. The number of carbonyl (C=O) groups excluding carboxylic acids is 1. The van der Waals surface area contributed by atoms with Crippen LogP contribution >= 0.6 is 11.3 Å². The molecule has 2 aromatic rings. The fraction of sp³-hybridized carbons (Fsp3) is 0.333. The first-order chi connectivity index (χ1) is 8.29. The summed E-state index contributed by atoms with van der Waals surface area (Å²) < 4.78 is 7.81. The van der Waals surface area contributed by atoms with E-state index in [2.05, 4.69) is 5.10 Å². The lowest BCUT2D eigenvalue weighted by molar-refractivity contribution is 0.0420. The number of aromatic nitrogens is 2. The van der Waals surface area contributed by atoms with Crippen LogP contribution in [-0.4, -0.2) is 22.7 Å². The molecule has 0 aliphatic carbocycles. The van der Waals surface area contributed by atoms with E-state index in [0.717, 1.165) is 34.5 Å². The second-order valence-corrected chi connectivity index (χ2v) is 5.03. The van der Waals surface area contributed by atoms with Gasteiger partial charge in [-0.2, -0.15) is 5.10 Å². The zero-order chi connectivity index (χ0) is 11.8. The average molecular weight is 248 g/mol. The average Bonchev–Trinajstić information content (AvgIpc) is 2.96. The molecule has 0 N–H and O–H groups in total. The first-order valence-electron chi connectivity index (χ1n) is 5.47. The van der Waals surface area contributed by atoms with Crippen LogP contribution in [-0.2, 0) is 11.3 Å². The van der Waals surface area contributed by atoms with Crippen molar-refractivity contribution in [3.8, 4) is 0 Å². The van der Waals surface area contributed by atoms with E-state index in [0.29, 0.717) is 6.61 Å². The maximum atomic E-state index is 10.7. The SMILES string of the molecule is Cc1cnn2c1C(c1csc(C=O)c1)OCC2. The van der Waals surface area contributed by atoms with Crippen molar-refractivity contribution in [1.29, 1.82) is 0 Å². The van der Waals surface area contributed by atoms with E-state index in [4.69, 9.17) is 4.74 Å². The fourth-order valence-corrected chi connectivity index (χ4v) is 2.89. The summed E-state index contributed by atoms with van der Waals surface area (Å²) >= 11 is 1.45. The van der Waals surface area contributed by atoms with Crippen LogP contribution in [0.2, 0.25) is 0 Å². The Morgan fingerprint density at radius 1 is 1.65 bits per heavy atom. The molecule has 17 heavy (non-hydrogen) atoms. The molecule has 4 nitrogen and oxygen atoms in total. The van der Waals surface area contributed by atoms with Gasteiger partial charge in [-0.1, -0.05) is 0 Å². The molecular formula is C12H12N2O2S. The van der Waals surface area contributed by atoms with Crippen LogP contribution in [0.15, 0.2) is 17.6 Å². The summed E-state index contributed by atoms with van der Waals surface area (Å²) in [5, 5.41) is 6.31. The van der Waals surface area contributed by atoms with Crippen molar-refractivity contribution in [1.82, 2.24) is 9.78 Å². The summed E-state index contributed by atoms with van der Waals surface area (Å²) in [6.45, 7) is 3.49. The number of rotatable bonds is 2. The fourth-order valence-electron chi connectivity index (χ4n) is 2.17. The molecule has 5 heteroatoms. The minimum Gasteiger partial charge on any atom is -0.365 e. The largest absolute Gasteiger partial charge is 0.365 e. The van der Waals surface area contributed by atoms with Gasteiger partial charge in [0.2, 0.25) is 0 Å². The first kappa shape index (κ1) is 10.7. The summed E-state index contributed by atoms with van der Waals surface area (Å²) in [6.07, 6.45) is 2.65. The van der Waals surface area contributed by atoms with Crippen LogP contribution in [0.5, 0.6) is 0 Å². The third-order valence-corrected chi connectivity index (χ3v) is 3.84. The van der Waals surface area contributed by atoms with Crippen molar-refractivity contribution < 1.29 is 9.53 Å². The minimum absolute atomic E-state index is 0.0869. The molecule has 0 aromatic carbocycles. The number of nitrogens with zero attached hydrogens (tertiary/aromatic N) is 2. The molecule has 0 radical (unpaired) electrons. The van der Waals surface area contributed by atoms with Crippen molar-refractivity contribution in [2.24, 2.45) is 0 Å². The molecule has 0 fully saturated rings. The number of ether oxygens (including phenoxy) is 1.